The van der Waals surface area contributed by atoms with Gasteiger partial charge in [-0.25, -0.2) is 0 Å². The van der Waals surface area contributed by atoms with Crippen molar-refractivity contribution in [3.8, 4) is 0 Å². The van der Waals surface area contributed by atoms with Crippen LogP contribution in [0, 0.1) is 30.6 Å². The first-order chi connectivity index (χ1) is 21.9. The lowest BCUT2D eigenvalue weighted by atomic mass is 9.60. The van der Waals surface area contributed by atoms with Gasteiger partial charge in [-0.2, -0.15) is 0 Å². The minimum absolute atomic E-state index is 0.0484. The van der Waals surface area contributed by atoms with Crippen molar-refractivity contribution in [1.82, 2.24) is 0 Å². The number of fused-ring (bicyclic) bond motifs is 12. The predicted octanol–water partition coefficient (Wildman–Crippen LogP) is 12.9. The number of hydrogen-bond donors (Lipinski definition) is 0. The standard InChI is InChI=1S/C46H42/c1-25-11-9-13-27-17-19-33-41-35-23-31(45(3,4)5)21-29-15-16-30-22-32(46(6,7)8)24-36(40(30)39(29)35)42(41)34-20-18-28-14-10-12-26(2)38(28)44(34)43(33)37(25)27/h9-21,23-24,39H,22H2,1-8H3. The normalized spacial score (nSPS) is 19.1. The molecule has 0 heteroatoms. The van der Waals surface area contributed by atoms with E-state index in [-0.39, 0.29) is 16.7 Å². The maximum atomic E-state index is 2.60. The summed E-state index contributed by atoms with van der Waals surface area (Å²) in [7, 11) is 0. The molecule has 4 aliphatic carbocycles. The van der Waals surface area contributed by atoms with Gasteiger partial charge in [0.15, 0.2) is 0 Å². The highest BCUT2D eigenvalue weighted by molar-refractivity contribution is 6.33. The summed E-state index contributed by atoms with van der Waals surface area (Å²) < 4.78 is 0. The molecule has 1 atom stereocenters. The molecule has 5 aromatic rings. The second kappa shape index (κ2) is 9.10. The van der Waals surface area contributed by atoms with Crippen molar-refractivity contribution in [2.24, 2.45) is 16.7 Å². The molecule has 0 saturated carbocycles. The van der Waals surface area contributed by atoms with E-state index in [1.165, 1.54) is 104 Å². The number of allylic oxidation sites excluding steroid dienone is 12. The fraction of sp³-hybridized carbons (Fsp3) is 0.261. The first kappa shape index (κ1) is 27.9. The van der Waals surface area contributed by atoms with Crippen LogP contribution in [-0.2, 0) is 0 Å². The van der Waals surface area contributed by atoms with Gasteiger partial charge in [-0.1, -0.05) is 138 Å². The molecule has 0 radical (unpaired) electrons. The Morgan fingerprint density at radius 2 is 1.20 bits per heavy atom. The number of aryl methyl sites for hydroxylation is 2. The van der Waals surface area contributed by atoms with Crippen LogP contribution in [0.25, 0.3) is 54.2 Å². The second-order valence-corrected chi connectivity index (χ2v) is 16.2. The van der Waals surface area contributed by atoms with E-state index in [4.69, 9.17) is 0 Å². The molecule has 0 amide bonds. The summed E-state index contributed by atoms with van der Waals surface area (Å²) in [5, 5.41) is 11.0. The Morgan fingerprint density at radius 1 is 0.587 bits per heavy atom. The van der Waals surface area contributed by atoms with E-state index in [0.717, 1.165) is 6.42 Å². The van der Waals surface area contributed by atoms with Crippen molar-refractivity contribution in [2.45, 2.75) is 61.8 Å². The summed E-state index contributed by atoms with van der Waals surface area (Å²) in [5.41, 5.74) is 16.0. The van der Waals surface area contributed by atoms with Crippen LogP contribution in [0.2, 0.25) is 0 Å². The lowest BCUT2D eigenvalue weighted by molar-refractivity contribution is 0.489. The third kappa shape index (κ3) is 3.68. The number of benzene rings is 5. The molecule has 9 rings (SSSR count). The average Bonchev–Trinajstić information content (AvgIpc) is 3.01. The monoisotopic (exact) mass is 594 g/mol. The van der Waals surface area contributed by atoms with Crippen LogP contribution in [0.4, 0.5) is 0 Å². The molecule has 0 aliphatic heterocycles. The maximum Gasteiger partial charge on any atom is 0.0355 e. The Bertz CT molecular complexity index is 2440. The summed E-state index contributed by atoms with van der Waals surface area (Å²) >= 11 is 0. The topological polar surface area (TPSA) is 0 Å². The Balaban J connectivity index is 1.59. The van der Waals surface area contributed by atoms with E-state index in [1.54, 1.807) is 0 Å². The van der Waals surface area contributed by atoms with Gasteiger partial charge in [0.05, 0.1) is 0 Å². The minimum atomic E-state index is 0.0484. The van der Waals surface area contributed by atoms with Gasteiger partial charge >= 0.3 is 0 Å². The van der Waals surface area contributed by atoms with Gasteiger partial charge < -0.3 is 0 Å². The third-order valence-corrected chi connectivity index (χ3v) is 11.3. The van der Waals surface area contributed by atoms with E-state index in [9.17, 15) is 0 Å². The zero-order chi connectivity index (χ0) is 31.9. The predicted molar refractivity (Wildman–Crippen MR) is 200 cm³/mol. The molecular formula is C46H42. The van der Waals surface area contributed by atoms with Gasteiger partial charge in [-0.15, -0.1) is 0 Å². The van der Waals surface area contributed by atoms with E-state index in [1.807, 2.05) is 0 Å². The molecular weight excluding hydrogens is 553 g/mol. The molecule has 0 spiro atoms. The van der Waals surface area contributed by atoms with Crippen molar-refractivity contribution >= 4 is 54.2 Å². The second-order valence-electron chi connectivity index (χ2n) is 16.2. The quantitative estimate of drug-likeness (QED) is 0.156. The Kier molecular flexibility index (Phi) is 5.51. The van der Waals surface area contributed by atoms with Gasteiger partial charge in [0.25, 0.3) is 0 Å². The summed E-state index contributed by atoms with van der Waals surface area (Å²) in [4.78, 5) is 0. The maximum absolute atomic E-state index is 2.60. The van der Waals surface area contributed by atoms with Crippen molar-refractivity contribution in [1.29, 1.82) is 0 Å². The van der Waals surface area contributed by atoms with Crippen LogP contribution in [0.1, 0.15) is 70.2 Å². The molecule has 0 aromatic heterocycles. The van der Waals surface area contributed by atoms with Crippen LogP contribution < -0.4 is 0 Å². The molecule has 0 fully saturated rings. The molecule has 4 aliphatic rings. The van der Waals surface area contributed by atoms with E-state index < -0.39 is 0 Å². The highest BCUT2D eigenvalue weighted by Gasteiger charge is 2.42. The van der Waals surface area contributed by atoms with Crippen LogP contribution in [-0.4, -0.2) is 0 Å². The van der Waals surface area contributed by atoms with Gasteiger partial charge in [0.2, 0.25) is 0 Å². The first-order valence-electron chi connectivity index (χ1n) is 17.0. The molecule has 0 nitrogen and oxygen atoms in total. The highest BCUT2D eigenvalue weighted by Crippen LogP contribution is 2.60. The van der Waals surface area contributed by atoms with Crippen molar-refractivity contribution in [3.63, 3.8) is 0 Å². The van der Waals surface area contributed by atoms with Gasteiger partial charge in [-0.05, 0) is 130 Å². The molecule has 0 N–H and O–H groups in total. The molecule has 0 saturated heterocycles. The van der Waals surface area contributed by atoms with E-state index in [0.29, 0.717) is 0 Å². The zero-order valence-electron chi connectivity index (χ0n) is 28.4. The average molecular weight is 595 g/mol. The largest absolute Gasteiger partial charge is 0.0614 e. The first-order valence-corrected chi connectivity index (χ1v) is 17.0. The van der Waals surface area contributed by atoms with E-state index in [2.05, 4.69) is 146 Å². The number of hydrogen-bond acceptors (Lipinski definition) is 0. The van der Waals surface area contributed by atoms with Crippen molar-refractivity contribution in [3.05, 3.63) is 141 Å². The molecule has 46 heavy (non-hydrogen) atoms. The van der Waals surface area contributed by atoms with Gasteiger partial charge in [0.1, 0.15) is 0 Å². The summed E-state index contributed by atoms with van der Waals surface area (Å²) in [5.74, 6) is 0.266. The smallest absolute Gasteiger partial charge is 0.0355 e. The van der Waals surface area contributed by atoms with Crippen molar-refractivity contribution < 1.29 is 0 Å². The Morgan fingerprint density at radius 3 is 1.78 bits per heavy atom. The molecule has 0 bridgehead atoms. The fourth-order valence-corrected chi connectivity index (χ4v) is 8.91. The Labute approximate surface area is 273 Å². The van der Waals surface area contributed by atoms with Crippen LogP contribution in [0.3, 0.4) is 0 Å². The lowest BCUT2D eigenvalue weighted by Gasteiger charge is -2.44. The van der Waals surface area contributed by atoms with Crippen molar-refractivity contribution in [2.75, 3.05) is 0 Å². The van der Waals surface area contributed by atoms with E-state index >= 15 is 0 Å². The van der Waals surface area contributed by atoms with Gasteiger partial charge in [-0.3, -0.25) is 0 Å². The molecule has 0 heterocycles. The minimum Gasteiger partial charge on any atom is -0.0614 e. The zero-order valence-corrected chi connectivity index (χ0v) is 28.4. The summed E-state index contributed by atoms with van der Waals surface area (Å²) in [6.07, 6.45) is 13.6. The third-order valence-electron chi connectivity index (χ3n) is 11.3. The Hall–Kier alpha value is -4.42. The number of rotatable bonds is 0. The van der Waals surface area contributed by atoms with Gasteiger partial charge in [0, 0.05) is 5.92 Å². The van der Waals surface area contributed by atoms with Crippen LogP contribution >= 0.6 is 0 Å². The molecule has 5 aromatic carbocycles. The van der Waals surface area contributed by atoms with Crippen LogP contribution in [0.15, 0.2) is 119 Å². The molecule has 1 unspecified atom stereocenters. The highest BCUT2D eigenvalue weighted by atomic mass is 14.5. The summed E-state index contributed by atoms with van der Waals surface area (Å²) in [6, 6.07) is 23.3. The summed E-state index contributed by atoms with van der Waals surface area (Å²) in [6.45, 7) is 18.8. The fourth-order valence-electron chi connectivity index (χ4n) is 8.91. The lowest BCUT2D eigenvalue weighted by Crippen LogP contribution is -2.27. The SMILES string of the molecule is Cc1cccc2ccc3c4c(c5ccc6cccc(C)c6c5c3c12)C1=C2C(=CC=C3C=C(C(C)(C)C)C=C4C32)CC(C(C)(C)C)=C1. The van der Waals surface area contributed by atoms with Crippen LogP contribution in [0.5, 0.6) is 0 Å². The molecule has 226 valence electrons.